The van der Waals surface area contributed by atoms with Crippen LogP contribution in [-0.4, -0.2) is 8.41 Å². The molecular formula is C50H45Cl2SiZr. The van der Waals surface area contributed by atoms with Crippen LogP contribution in [0.15, 0.2) is 152 Å². The molecule has 0 fully saturated rings. The first kappa shape index (κ1) is 40.0. The molecule has 0 atom stereocenters. The van der Waals surface area contributed by atoms with E-state index in [0.717, 1.165) is 6.42 Å². The molecule has 0 amide bonds. The van der Waals surface area contributed by atoms with Crippen molar-refractivity contribution in [3.8, 4) is 22.3 Å². The molecule has 0 bridgehead atoms. The molecule has 0 aliphatic heterocycles. The molecule has 0 aromatic heterocycles. The first-order valence-corrected chi connectivity index (χ1v) is 21.2. The van der Waals surface area contributed by atoms with Crippen LogP contribution in [0.5, 0.6) is 0 Å². The van der Waals surface area contributed by atoms with Gasteiger partial charge in [0.25, 0.3) is 0 Å². The van der Waals surface area contributed by atoms with Gasteiger partial charge in [-0.3, -0.25) is 0 Å². The van der Waals surface area contributed by atoms with Gasteiger partial charge in [-0.2, -0.15) is 0 Å². The fourth-order valence-electron chi connectivity index (χ4n) is 8.41. The Morgan fingerprint density at radius 2 is 1.07 bits per heavy atom. The van der Waals surface area contributed by atoms with E-state index in [9.17, 15) is 0 Å². The maximum atomic E-state index is 2.60. The van der Waals surface area contributed by atoms with Crippen LogP contribution >= 0.6 is 0 Å². The average molecular weight is 836 g/mol. The van der Waals surface area contributed by atoms with Crippen molar-refractivity contribution in [3.05, 3.63) is 194 Å². The van der Waals surface area contributed by atoms with E-state index in [0.29, 0.717) is 0 Å². The van der Waals surface area contributed by atoms with Gasteiger partial charge in [-0.15, -0.1) is 0 Å². The Hall–Kier alpha value is -3.65. The molecule has 6 aromatic carbocycles. The Kier molecular flexibility index (Phi) is 11.7. The fourth-order valence-corrected chi connectivity index (χ4v) is 12.8. The molecule has 0 spiro atoms. The summed E-state index contributed by atoms with van der Waals surface area (Å²) in [5.74, 6) is 0. The minimum atomic E-state index is -1.49. The minimum Gasteiger partial charge on any atom is -1.00 e. The molecule has 0 unspecified atom stereocenters. The van der Waals surface area contributed by atoms with Crippen molar-refractivity contribution in [1.29, 1.82) is 0 Å². The second-order valence-corrected chi connectivity index (χ2v) is 19.9. The number of allylic oxidation sites excluding steroid dienone is 4. The Morgan fingerprint density at radius 1 is 0.556 bits per heavy atom. The monoisotopic (exact) mass is 833 g/mol. The summed E-state index contributed by atoms with van der Waals surface area (Å²) in [6, 6.07) is 50.3. The van der Waals surface area contributed by atoms with Crippen molar-refractivity contribution in [3.63, 3.8) is 0 Å². The van der Waals surface area contributed by atoms with E-state index in [1.54, 1.807) is 4.81 Å². The molecule has 0 nitrogen and oxygen atoms in total. The fraction of sp³-hybridized carbons (Fsp3) is 0.180. The van der Waals surface area contributed by atoms with Crippen LogP contribution in [0.1, 0.15) is 70.2 Å². The van der Waals surface area contributed by atoms with Crippen molar-refractivity contribution in [2.24, 2.45) is 0 Å². The smallest absolute Gasteiger partial charge is 1.00 e. The summed E-state index contributed by atoms with van der Waals surface area (Å²) < 4.78 is 1.47. The van der Waals surface area contributed by atoms with Crippen LogP contribution in [0.25, 0.3) is 31.1 Å². The van der Waals surface area contributed by atoms with E-state index in [1.807, 2.05) is 0 Å². The van der Waals surface area contributed by atoms with Gasteiger partial charge in [0.2, 0.25) is 0 Å². The molecule has 2 aliphatic rings. The Labute approximate surface area is 350 Å². The normalized spacial score (nSPS) is 13.1. The van der Waals surface area contributed by atoms with E-state index in [2.05, 4.69) is 193 Å². The number of rotatable bonds is 5. The molecule has 0 saturated carbocycles. The number of hydrogen-bond donors (Lipinski definition) is 0. The second-order valence-electron chi connectivity index (χ2n) is 16.2. The third-order valence-electron chi connectivity index (χ3n) is 10.6. The van der Waals surface area contributed by atoms with Crippen LogP contribution in [0, 0.1) is 15.3 Å². The molecule has 0 N–H and O–H groups in total. The molecule has 0 saturated heterocycles. The van der Waals surface area contributed by atoms with Crippen LogP contribution < -0.4 is 40.4 Å². The summed E-state index contributed by atoms with van der Waals surface area (Å²) in [4.78, 5) is 1.55. The maximum Gasteiger partial charge on any atom is -1.00 e. The molecule has 2 aliphatic carbocycles. The number of hydrogen-bond acceptors (Lipinski definition) is 0. The zero-order chi connectivity index (χ0) is 36.2. The zero-order valence-electron chi connectivity index (χ0n) is 31.9. The number of fused-ring (bicyclic) bond motifs is 2. The third kappa shape index (κ3) is 7.12. The molecule has 267 valence electrons. The van der Waals surface area contributed by atoms with Gasteiger partial charge in [0.15, 0.2) is 0 Å². The van der Waals surface area contributed by atoms with Gasteiger partial charge in [0, 0.05) is 0 Å². The van der Waals surface area contributed by atoms with E-state index >= 15 is 0 Å². The summed E-state index contributed by atoms with van der Waals surface area (Å²) in [6.07, 6.45) is 7.93. The SMILES string of the molecule is CC(C)(C)c1cc2c(cc1-c1ccccc1)=[C]([Zr+2])c1c(C3=CC=CC3)c(-c3ccccc3)c(C(C)(C)C)c(=[Si](c3ccccc3)c3ccccc3)c1=2.[Cl-].[Cl-]. The molecule has 6 aromatic rings. The first-order chi connectivity index (χ1) is 25.0. The van der Waals surface area contributed by atoms with E-state index in [-0.39, 0.29) is 35.6 Å². The predicted octanol–water partition coefficient (Wildman–Crippen LogP) is 4.41. The van der Waals surface area contributed by atoms with E-state index in [1.165, 1.54) is 104 Å². The standard InChI is InChI=1S/C50H45Si.2ClH.Zr/c1-49(2,3)43-33-41-37(31-40(43)34-21-11-7-12-22-34)32-42-44(35-25-19-20-26-35)45(36-23-13-8-14-24-36)47(50(4,5)6)48(46(41)42)51(38-27-15-9-16-28-38)39-29-17-10-18-30-39;;;/h7-25,27-31,33H,26H2,1-6H3;2*1H;/q;;;+2/p-2. The van der Waals surface area contributed by atoms with Crippen LogP contribution in [0.3, 0.4) is 0 Å². The quantitative estimate of drug-likeness (QED) is 0.226. The van der Waals surface area contributed by atoms with Gasteiger partial charge < -0.3 is 24.8 Å². The largest absolute Gasteiger partial charge is 1.00 e. The van der Waals surface area contributed by atoms with Gasteiger partial charge in [0.1, 0.15) is 0 Å². The van der Waals surface area contributed by atoms with Crippen molar-refractivity contribution < 1.29 is 49.5 Å². The van der Waals surface area contributed by atoms with Gasteiger partial charge in [-0.25, -0.2) is 0 Å². The third-order valence-corrected chi connectivity index (χ3v) is 14.7. The predicted molar refractivity (Wildman–Crippen MR) is 219 cm³/mol. The van der Waals surface area contributed by atoms with Crippen molar-refractivity contribution >= 4 is 27.6 Å². The molecule has 8 rings (SSSR count). The van der Waals surface area contributed by atoms with Crippen LogP contribution in [0.2, 0.25) is 0 Å². The van der Waals surface area contributed by atoms with Gasteiger partial charge in [-0.1, -0.05) is 0 Å². The molecule has 0 heterocycles. The topological polar surface area (TPSA) is 0 Å². The summed E-state index contributed by atoms with van der Waals surface area (Å²) in [5, 5.41) is 7.14. The molecule has 4 heteroatoms. The molecule has 0 radical (unpaired) electrons. The van der Waals surface area contributed by atoms with Crippen molar-refractivity contribution in [2.45, 2.75) is 58.8 Å². The van der Waals surface area contributed by atoms with E-state index < -0.39 is 8.41 Å². The Morgan fingerprint density at radius 3 is 1.56 bits per heavy atom. The molecular weight excluding hydrogens is 791 g/mol. The number of benzene rings is 6. The summed E-state index contributed by atoms with van der Waals surface area (Å²) in [7, 11) is -1.49. The first-order valence-electron chi connectivity index (χ1n) is 18.5. The Balaban J connectivity index is 0.00000249. The molecule has 54 heavy (non-hydrogen) atoms. The van der Waals surface area contributed by atoms with Crippen molar-refractivity contribution in [2.75, 3.05) is 0 Å². The van der Waals surface area contributed by atoms with Crippen LogP contribution in [0.4, 0.5) is 0 Å². The summed E-state index contributed by atoms with van der Waals surface area (Å²) in [5.41, 5.74) is 12.4. The summed E-state index contributed by atoms with van der Waals surface area (Å²) in [6.45, 7) is 14.5. The Bertz CT molecular complexity index is 2590. The van der Waals surface area contributed by atoms with Gasteiger partial charge in [-0.05, 0) is 0 Å². The van der Waals surface area contributed by atoms with Crippen molar-refractivity contribution in [1.82, 2.24) is 0 Å². The average Bonchev–Trinajstić information content (AvgIpc) is 3.78. The van der Waals surface area contributed by atoms with Crippen LogP contribution in [-0.2, 0) is 35.5 Å². The minimum absolute atomic E-state index is 0. The van der Waals surface area contributed by atoms with Gasteiger partial charge in [0.05, 0.1) is 0 Å². The van der Waals surface area contributed by atoms with E-state index in [4.69, 9.17) is 0 Å². The summed E-state index contributed by atoms with van der Waals surface area (Å²) >= 11 is 1.45. The number of halogens is 2. The van der Waals surface area contributed by atoms with Gasteiger partial charge >= 0.3 is 328 Å². The second kappa shape index (κ2) is 15.8. The maximum absolute atomic E-state index is 2.60. The zero-order valence-corrected chi connectivity index (χ0v) is 36.9.